The molecule has 1 unspecified atom stereocenters. The number of nitrogens with one attached hydrogen (secondary N) is 1. The first-order valence-corrected chi connectivity index (χ1v) is 6.88. The van der Waals surface area contributed by atoms with Gasteiger partial charge in [0.2, 0.25) is 0 Å². The molecule has 2 N–H and O–H groups in total. The highest BCUT2D eigenvalue weighted by Gasteiger charge is 2.08. The van der Waals surface area contributed by atoms with Crippen molar-refractivity contribution in [1.82, 2.24) is 5.32 Å². The van der Waals surface area contributed by atoms with Crippen LogP contribution in [0.2, 0.25) is 0 Å². The quantitative estimate of drug-likeness (QED) is 0.859. The van der Waals surface area contributed by atoms with Crippen LogP contribution in [0.3, 0.4) is 0 Å². The summed E-state index contributed by atoms with van der Waals surface area (Å²) in [7, 11) is 1.44. The fourth-order valence-electron chi connectivity index (χ4n) is 2.17. The number of hydrogen-bond acceptors (Lipinski definition) is 3. The molecule has 0 spiro atoms. The number of halogens is 1. The lowest BCUT2D eigenvalue weighted by Crippen LogP contribution is -2.21. The summed E-state index contributed by atoms with van der Waals surface area (Å²) in [6.07, 6.45) is -0.576. The van der Waals surface area contributed by atoms with Crippen molar-refractivity contribution in [2.75, 3.05) is 13.7 Å². The molecule has 2 aromatic rings. The van der Waals surface area contributed by atoms with Crippen LogP contribution in [0, 0.1) is 12.7 Å². The normalized spacial score (nSPS) is 12.2. The average Bonchev–Trinajstić information content (AvgIpc) is 2.47. The molecule has 2 aromatic carbocycles. The lowest BCUT2D eigenvalue weighted by molar-refractivity contribution is 0.174. The van der Waals surface area contributed by atoms with Gasteiger partial charge in [0.05, 0.1) is 13.2 Å². The minimum Gasteiger partial charge on any atom is -0.494 e. The van der Waals surface area contributed by atoms with Gasteiger partial charge in [0, 0.05) is 13.1 Å². The van der Waals surface area contributed by atoms with E-state index in [1.165, 1.54) is 13.2 Å². The Morgan fingerprint density at radius 1 is 1.24 bits per heavy atom. The van der Waals surface area contributed by atoms with Crippen molar-refractivity contribution in [3.8, 4) is 5.75 Å². The molecule has 2 rings (SSSR count). The standard InChI is InChI=1S/C17H20FNO2/c1-12-4-3-5-14(8-12)16(20)11-19-10-13-6-7-17(21-2)15(18)9-13/h3-9,16,19-20H,10-11H2,1-2H3. The molecule has 0 bridgehead atoms. The summed E-state index contributed by atoms with van der Waals surface area (Å²) in [5.74, 6) is -0.144. The van der Waals surface area contributed by atoms with Gasteiger partial charge in [-0.05, 0) is 30.2 Å². The molecule has 0 radical (unpaired) electrons. The molecule has 0 fully saturated rings. The Balaban J connectivity index is 1.88. The third kappa shape index (κ3) is 4.28. The number of methoxy groups -OCH3 is 1. The highest BCUT2D eigenvalue weighted by atomic mass is 19.1. The van der Waals surface area contributed by atoms with Crippen LogP contribution in [0.1, 0.15) is 22.8 Å². The van der Waals surface area contributed by atoms with Gasteiger partial charge in [0.25, 0.3) is 0 Å². The molecule has 0 aromatic heterocycles. The molecule has 0 heterocycles. The Bertz CT molecular complexity index is 601. The molecule has 0 saturated carbocycles. The lowest BCUT2D eigenvalue weighted by Gasteiger charge is -2.13. The minimum atomic E-state index is -0.576. The van der Waals surface area contributed by atoms with E-state index in [1.54, 1.807) is 12.1 Å². The number of aliphatic hydroxyl groups excluding tert-OH is 1. The monoisotopic (exact) mass is 289 g/mol. The van der Waals surface area contributed by atoms with Crippen molar-refractivity contribution in [2.24, 2.45) is 0 Å². The molecular formula is C17H20FNO2. The van der Waals surface area contributed by atoms with Crippen LogP contribution in [0.5, 0.6) is 5.75 Å². The highest BCUT2D eigenvalue weighted by molar-refractivity contribution is 5.29. The van der Waals surface area contributed by atoms with E-state index >= 15 is 0 Å². The fraction of sp³-hybridized carbons (Fsp3) is 0.294. The molecule has 0 amide bonds. The predicted octanol–water partition coefficient (Wildman–Crippen LogP) is 2.97. The maximum Gasteiger partial charge on any atom is 0.165 e. The van der Waals surface area contributed by atoms with Crippen LogP contribution in [-0.4, -0.2) is 18.8 Å². The smallest absolute Gasteiger partial charge is 0.165 e. The molecule has 1 atom stereocenters. The topological polar surface area (TPSA) is 41.5 Å². The van der Waals surface area contributed by atoms with Gasteiger partial charge >= 0.3 is 0 Å². The molecule has 0 aliphatic heterocycles. The fourth-order valence-corrected chi connectivity index (χ4v) is 2.17. The average molecular weight is 289 g/mol. The summed E-state index contributed by atoms with van der Waals surface area (Å²) in [5, 5.41) is 13.2. The van der Waals surface area contributed by atoms with Gasteiger partial charge in [0.1, 0.15) is 0 Å². The number of ether oxygens (including phenoxy) is 1. The zero-order chi connectivity index (χ0) is 15.2. The molecule has 0 aliphatic rings. The van der Waals surface area contributed by atoms with E-state index in [1.807, 2.05) is 31.2 Å². The van der Waals surface area contributed by atoms with Crippen molar-refractivity contribution in [3.63, 3.8) is 0 Å². The van der Waals surface area contributed by atoms with Gasteiger partial charge in [0.15, 0.2) is 11.6 Å². The number of rotatable bonds is 6. The number of aliphatic hydroxyl groups is 1. The Kier molecular flexibility index (Phi) is 5.31. The van der Waals surface area contributed by atoms with Crippen molar-refractivity contribution in [3.05, 3.63) is 65.0 Å². The van der Waals surface area contributed by atoms with E-state index in [0.717, 1.165) is 16.7 Å². The molecule has 21 heavy (non-hydrogen) atoms. The summed E-state index contributed by atoms with van der Waals surface area (Å²) >= 11 is 0. The van der Waals surface area contributed by atoms with E-state index in [9.17, 15) is 9.50 Å². The second-order valence-corrected chi connectivity index (χ2v) is 5.03. The minimum absolute atomic E-state index is 0.235. The third-order valence-corrected chi connectivity index (χ3v) is 3.31. The number of aryl methyl sites for hydroxylation is 1. The summed E-state index contributed by atoms with van der Waals surface area (Å²) < 4.78 is 18.4. The molecule has 112 valence electrons. The zero-order valence-electron chi connectivity index (χ0n) is 12.3. The van der Waals surface area contributed by atoms with E-state index < -0.39 is 6.10 Å². The van der Waals surface area contributed by atoms with Gasteiger partial charge in [-0.3, -0.25) is 0 Å². The maximum absolute atomic E-state index is 13.5. The Hall–Kier alpha value is -1.91. The molecule has 3 nitrogen and oxygen atoms in total. The Morgan fingerprint density at radius 3 is 2.71 bits per heavy atom. The first-order chi connectivity index (χ1) is 10.1. The third-order valence-electron chi connectivity index (χ3n) is 3.31. The van der Waals surface area contributed by atoms with Crippen LogP contribution in [0.25, 0.3) is 0 Å². The first-order valence-electron chi connectivity index (χ1n) is 6.88. The van der Waals surface area contributed by atoms with Crippen molar-refractivity contribution in [1.29, 1.82) is 0 Å². The van der Waals surface area contributed by atoms with Crippen LogP contribution in [0.15, 0.2) is 42.5 Å². The van der Waals surface area contributed by atoms with Gasteiger partial charge < -0.3 is 15.2 Å². The van der Waals surface area contributed by atoms with Crippen LogP contribution in [-0.2, 0) is 6.54 Å². The summed E-state index contributed by atoms with van der Waals surface area (Å²) in [6.45, 7) is 2.89. The zero-order valence-corrected chi connectivity index (χ0v) is 12.3. The second-order valence-electron chi connectivity index (χ2n) is 5.03. The van der Waals surface area contributed by atoms with Gasteiger partial charge in [-0.25, -0.2) is 4.39 Å². The van der Waals surface area contributed by atoms with Gasteiger partial charge in [-0.1, -0.05) is 35.9 Å². The largest absolute Gasteiger partial charge is 0.494 e. The number of benzene rings is 2. The van der Waals surface area contributed by atoms with Crippen molar-refractivity contribution < 1.29 is 14.2 Å². The molecule has 0 aliphatic carbocycles. The van der Waals surface area contributed by atoms with Crippen LogP contribution < -0.4 is 10.1 Å². The van der Waals surface area contributed by atoms with E-state index in [-0.39, 0.29) is 11.6 Å². The summed E-state index contributed by atoms with van der Waals surface area (Å²) in [5.41, 5.74) is 2.80. The van der Waals surface area contributed by atoms with E-state index in [2.05, 4.69) is 5.32 Å². The summed E-state index contributed by atoms with van der Waals surface area (Å²) in [4.78, 5) is 0. The van der Waals surface area contributed by atoms with Crippen molar-refractivity contribution >= 4 is 0 Å². The molecule has 0 saturated heterocycles. The van der Waals surface area contributed by atoms with Crippen molar-refractivity contribution in [2.45, 2.75) is 19.6 Å². The second kappa shape index (κ2) is 7.20. The Labute approximate surface area is 124 Å². The van der Waals surface area contributed by atoms with E-state index in [4.69, 9.17) is 4.74 Å². The Morgan fingerprint density at radius 2 is 2.05 bits per heavy atom. The van der Waals surface area contributed by atoms with Crippen LogP contribution >= 0.6 is 0 Å². The lowest BCUT2D eigenvalue weighted by atomic mass is 10.1. The molecular weight excluding hydrogens is 269 g/mol. The SMILES string of the molecule is COc1ccc(CNCC(O)c2cccc(C)c2)cc1F. The maximum atomic E-state index is 13.5. The highest BCUT2D eigenvalue weighted by Crippen LogP contribution is 2.18. The van der Waals surface area contributed by atoms with E-state index in [0.29, 0.717) is 13.1 Å². The number of hydrogen-bond donors (Lipinski definition) is 2. The van der Waals surface area contributed by atoms with Crippen LogP contribution in [0.4, 0.5) is 4.39 Å². The van der Waals surface area contributed by atoms with Gasteiger partial charge in [-0.2, -0.15) is 0 Å². The first kappa shape index (κ1) is 15.5. The summed E-state index contributed by atoms with van der Waals surface area (Å²) in [6, 6.07) is 12.6. The predicted molar refractivity (Wildman–Crippen MR) is 80.8 cm³/mol. The van der Waals surface area contributed by atoms with Gasteiger partial charge in [-0.15, -0.1) is 0 Å². The molecule has 4 heteroatoms.